The van der Waals surface area contributed by atoms with Crippen LogP contribution in [0.5, 0.6) is 5.75 Å². The van der Waals surface area contributed by atoms with Gasteiger partial charge in [0.2, 0.25) is 5.91 Å². The van der Waals surface area contributed by atoms with Crippen LogP contribution in [0.3, 0.4) is 0 Å². The summed E-state index contributed by atoms with van der Waals surface area (Å²) in [6, 6.07) is 7.47. The molecule has 1 saturated heterocycles. The van der Waals surface area contributed by atoms with Crippen LogP contribution >= 0.6 is 24.0 Å². The largest absolute Gasteiger partial charge is 0.482 e. The van der Waals surface area contributed by atoms with Gasteiger partial charge < -0.3 is 14.8 Å². The van der Waals surface area contributed by atoms with Crippen LogP contribution < -0.4 is 10.1 Å². The third-order valence-corrected chi connectivity index (χ3v) is 5.18. The zero-order valence-corrected chi connectivity index (χ0v) is 16.9. The van der Waals surface area contributed by atoms with Crippen LogP contribution in [-0.4, -0.2) is 59.1 Å². The van der Waals surface area contributed by atoms with Gasteiger partial charge in [-0.05, 0) is 17.5 Å². The third kappa shape index (κ3) is 6.51. The quantitative estimate of drug-likeness (QED) is 0.490. The van der Waals surface area contributed by atoms with E-state index in [4.69, 9.17) is 21.7 Å². The predicted octanol–water partition coefficient (Wildman–Crippen LogP) is 1.71. The van der Waals surface area contributed by atoms with Gasteiger partial charge in [0.1, 0.15) is 10.1 Å². The first-order chi connectivity index (χ1) is 12.9. The van der Waals surface area contributed by atoms with E-state index in [-0.39, 0.29) is 25.0 Å². The van der Waals surface area contributed by atoms with Crippen molar-refractivity contribution < 1.29 is 23.9 Å². The average molecular weight is 411 g/mol. The van der Waals surface area contributed by atoms with E-state index in [9.17, 15) is 14.4 Å². The number of thiocarbonyl (C=S) groups is 1. The number of rotatable bonds is 9. The number of esters is 1. The van der Waals surface area contributed by atoms with E-state index in [1.807, 2.05) is 32.0 Å². The molecule has 0 aromatic heterocycles. The molecule has 0 aliphatic carbocycles. The molecule has 0 radical (unpaired) electrons. The number of carbonyl (C=O) groups is 3. The Morgan fingerprint density at radius 2 is 2.04 bits per heavy atom. The van der Waals surface area contributed by atoms with Crippen molar-refractivity contribution in [2.75, 3.05) is 32.1 Å². The molecule has 1 N–H and O–H groups in total. The minimum absolute atomic E-state index is 0.0653. The first-order valence-corrected chi connectivity index (χ1v) is 9.89. The molecule has 1 heterocycles. The van der Waals surface area contributed by atoms with E-state index in [0.717, 1.165) is 5.56 Å². The summed E-state index contributed by atoms with van der Waals surface area (Å²) in [7, 11) is 0. The maximum atomic E-state index is 11.8. The van der Waals surface area contributed by atoms with Crippen molar-refractivity contribution in [1.82, 2.24) is 10.2 Å². The van der Waals surface area contributed by atoms with Gasteiger partial charge in [0.25, 0.3) is 5.91 Å². The molecule has 2 amide bonds. The zero-order chi connectivity index (χ0) is 19.8. The van der Waals surface area contributed by atoms with Gasteiger partial charge in [-0.2, -0.15) is 0 Å². The van der Waals surface area contributed by atoms with Gasteiger partial charge in [-0.15, -0.1) is 0 Å². The maximum absolute atomic E-state index is 11.8. The molecule has 0 unspecified atom stereocenters. The monoisotopic (exact) mass is 410 g/mol. The van der Waals surface area contributed by atoms with Crippen molar-refractivity contribution in [2.45, 2.75) is 19.8 Å². The number of hydrogen-bond acceptors (Lipinski definition) is 7. The van der Waals surface area contributed by atoms with Gasteiger partial charge in [-0.25, -0.2) is 4.79 Å². The van der Waals surface area contributed by atoms with Gasteiger partial charge >= 0.3 is 5.97 Å². The molecule has 1 aromatic rings. The number of nitrogens with zero attached hydrogens (tertiary/aromatic N) is 1. The normalized spacial score (nSPS) is 13.8. The topological polar surface area (TPSA) is 84.9 Å². The number of nitrogens with one attached hydrogen (secondary N) is 1. The standard InChI is InChI=1S/C18H22N2O5S2/c1-12(2)13-5-3-4-6-14(13)24-10-17(23)25-9-15(21)19-7-8-20-16(22)11-27-18(20)26/h3-6,12H,7-11H2,1-2H3,(H,19,21). The molecule has 0 spiro atoms. The van der Waals surface area contributed by atoms with E-state index in [1.165, 1.54) is 16.7 Å². The van der Waals surface area contributed by atoms with Crippen LogP contribution in [-0.2, 0) is 19.1 Å². The summed E-state index contributed by atoms with van der Waals surface area (Å²) in [6.45, 7) is 3.93. The van der Waals surface area contributed by atoms with Crippen LogP contribution in [0, 0.1) is 0 Å². The zero-order valence-electron chi connectivity index (χ0n) is 15.2. The molecule has 1 fully saturated rings. The fourth-order valence-electron chi connectivity index (χ4n) is 2.37. The Kier molecular flexibility index (Phi) is 8.05. The van der Waals surface area contributed by atoms with Crippen LogP contribution in [0.1, 0.15) is 25.3 Å². The summed E-state index contributed by atoms with van der Waals surface area (Å²) in [6.07, 6.45) is 0. The Balaban J connectivity index is 1.66. The number of para-hydroxylation sites is 1. The summed E-state index contributed by atoms with van der Waals surface area (Å²) < 4.78 is 10.9. The van der Waals surface area contributed by atoms with Crippen molar-refractivity contribution in [2.24, 2.45) is 0 Å². The fraction of sp³-hybridized carbons (Fsp3) is 0.444. The summed E-state index contributed by atoms with van der Waals surface area (Å²) >= 11 is 6.35. The van der Waals surface area contributed by atoms with Crippen LogP contribution in [0.4, 0.5) is 0 Å². The first-order valence-electron chi connectivity index (χ1n) is 8.49. The van der Waals surface area contributed by atoms with Crippen molar-refractivity contribution in [1.29, 1.82) is 0 Å². The fourth-order valence-corrected chi connectivity index (χ4v) is 3.49. The summed E-state index contributed by atoms with van der Waals surface area (Å²) in [5.74, 6) is 0.0797. The lowest BCUT2D eigenvalue weighted by molar-refractivity contribution is -0.150. The molecule has 1 aliphatic heterocycles. The number of carbonyl (C=O) groups excluding carboxylic acids is 3. The molecule has 1 aromatic carbocycles. The second-order valence-corrected chi connectivity index (χ2v) is 7.70. The number of ether oxygens (including phenoxy) is 2. The van der Waals surface area contributed by atoms with Gasteiger partial charge in [-0.1, -0.05) is 56.0 Å². The van der Waals surface area contributed by atoms with E-state index in [1.54, 1.807) is 6.07 Å². The van der Waals surface area contributed by atoms with Gasteiger partial charge in [0.15, 0.2) is 13.2 Å². The van der Waals surface area contributed by atoms with Gasteiger partial charge in [0.05, 0.1) is 5.75 Å². The molecular weight excluding hydrogens is 388 g/mol. The van der Waals surface area contributed by atoms with Crippen LogP contribution in [0.15, 0.2) is 24.3 Å². The Bertz CT molecular complexity index is 707. The van der Waals surface area contributed by atoms with Crippen molar-refractivity contribution in [3.8, 4) is 5.75 Å². The summed E-state index contributed by atoms with van der Waals surface area (Å²) in [5.41, 5.74) is 0.996. The molecule has 7 nitrogen and oxygen atoms in total. The van der Waals surface area contributed by atoms with Crippen molar-refractivity contribution >= 4 is 46.1 Å². The molecule has 9 heteroatoms. The highest BCUT2D eigenvalue weighted by molar-refractivity contribution is 8.23. The molecule has 0 atom stereocenters. The molecule has 146 valence electrons. The second-order valence-electron chi connectivity index (χ2n) is 6.09. The van der Waals surface area contributed by atoms with E-state index in [2.05, 4.69) is 5.32 Å². The van der Waals surface area contributed by atoms with E-state index in [0.29, 0.717) is 22.4 Å². The lowest BCUT2D eigenvalue weighted by atomic mass is 10.0. The number of thioether (sulfide) groups is 1. The molecule has 1 aliphatic rings. The Hall–Kier alpha value is -2.13. The molecular formula is C18H22N2O5S2. The first kappa shape index (κ1) is 21.2. The van der Waals surface area contributed by atoms with E-state index < -0.39 is 18.5 Å². The highest BCUT2D eigenvalue weighted by Crippen LogP contribution is 2.25. The lowest BCUT2D eigenvalue weighted by Gasteiger charge is -2.15. The Labute approximate surface area is 167 Å². The second kappa shape index (κ2) is 10.3. The SMILES string of the molecule is CC(C)c1ccccc1OCC(=O)OCC(=O)NCCN1C(=O)CSC1=S. The molecule has 0 bridgehead atoms. The van der Waals surface area contributed by atoms with Crippen molar-refractivity contribution in [3.05, 3.63) is 29.8 Å². The smallest absolute Gasteiger partial charge is 0.344 e. The number of amides is 2. The number of hydrogen-bond donors (Lipinski definition) is 1. The van der Waals surface area contributed by atoms with Crippen molar-refractivity contribution in [3.63, 3.8) is 0 Å². The predicted molar refractivity (Wildman–Crippen MR) is 107 cm³/mol. The Morgan fingerprint density at radius 1 is 1.30 bits per heavy atom. The number of benzene rings is 1. The molecule has 0 saturated carbocycles. The Morgan fingerprint density at radius 3 is 2.70 bits per heavy atom. The third-order valence-electron chi connectivity index (χ3n) is 3.75. The van der Waals surface area contributed by atoms with E-state index >= 15 is 0 Å². The van der Waals surface area contributed by atoms with Crippen LogP contribution in [0.25, 0.3) is 0 Å². The minimum atomic E-state index is -0.629. The summed E-state index contributed by atoms with van der Waals surface area (Å²) in [4.78, 5) is 36.5. The highest BCUT2D eigenvalue weighted by atomic mass is 32.2. The highest BCUT2D eigenvalue weighted by Gasteiger charge is 2.25. The van der Waals surface area contributed by atoms with Gasteiger partial charge in [0, 0.05) is 13.1 Å². The van der Waals surface area contributed by atoms with Crippen LogP contribution in [0.2, 0.25) is 0 Å². The lowest BCUT2D eigenvalue weighted by Crippen LogP contribution is -2.38. The maximum Gasteiger partial charge on any atom is 0.344 e. The molecule has 27 heavy (non-hydrogen) atoms. The molecule has 2 rings (SSSR count). The summed E-state index contributed by atoms with van der Waals surface area (Å²) in [5, 5.41) is 2.58. The van der Waals surface area contributed by atoms with Gasteiger partial charge in [-0.3, -0.25) is 14.5 Å². The minimum Gasteiger partial charge on any atom is -0.482 e. The average Bonchev–Trinajstić information content (AvgIpc) is 2.96.